The molecular formula is C14H18FNO3. The van der Waals surface area contributed by atoms with Crippen LogP contribution in [0.25, 0.3) is 0 Å². The number of benzene rings is 1. The number of ether oxygens (including phenoxy) is 1. The Labute approximate surface area is 111 Å². The van der Waals surface area contributed by atoms with Gasteiger partial charge in [-0.1, -0.05) is 6.07 Å². The number of aromatic carboxylic acids is 1. The van der Waals surface area contributed by atoms with E-state index in [0.29, 0.717) is 13.2 Å². The summed E-state index contributed by atoms with van der Waals surface area (Å²) in [7, 11) is 0. The zero-order valence-electron chi connectivity index (χ0n) is 11.1. The van der Waals surface area contributed by atoms with Crippen LogP contribution in [0.3, 0.4) is 0 Å². The second kappa shape index (κ2) is 5.27. The second-order valence-corrected chi connectivity index (χ2v) is 5.44. The third-order valence-electron chi connectivity index (χ3n) is 3.17. The minimum absolute atomic E-state index is 0.197. The Bertz CT molecular complexity index is 488. The maximum atomic E-state index is 13.6. The summed E-state index contributed by atoms with van der Waals surface area (Å²) in [6, 6.07) is 4.28. The highest BCUT2D eigenvalue weighted by Crippen LogP contribution is 2.19. The summed E-state index contributed by atoms with van der Waals surface area (Å²) < 4.78 is 19.2. The van der Waals surface area contributed by atoms with Gasteiger partial charge in [0.25, 0.3) is 0 Å². The first-order chi connectivity index (χ1) is 8.87. The van der Waals surface area contributed by atoms with Crippen molar-refractivity contribution >= 4 is 5.97 Å². The number of carbonyl (C=O) groups is 1. The molecule has 1 aromatic rings. The van der Waals surface area contributed by atoms with Crippen molar-refractivity contribution < 1.29 is 19.0 Å². The monoisotopic (exact) mass is 267 g/mol. The highest BCUT2D eigenvalue weighted by atomic mass is 19.1. The normalized spacial score (nSPS) is 19.3. The lowest BCUT2D eigenvalue weighted by Gasteiger charge is -2.38. The van der Waals surface area contributed by atoms with E-state index < -0.39 is 11.8 Å². The molecule has 1 saturated heterocycles. The molecule has 1 fully saturated rings. The lowest BCUT2D eigenvalue weighted by atomic mass is 10.1. The molecule has 0 aliphatic carbocycles. The standard InChI is InChI=1S/C14H18FNO3/c1-14(2)9-16(5-6-19-14)8-10-3-4-11(13(17)18)12(15)7-10/h3-4,7H,5-6,8-9H2,1-2H3,(H,17,18). The Balaban J connectivity index is 2.07. The van der Waals surface area contributed by atoms with Crippen molar-refractivity contribution in [3.63, 3.8) is 0 Å². The van der Waals surface area contributed by atoms with Gasteiger partial charge in [0.1, 0.15) is 5.82 Å². The molecule has 0 radical (unpaired) electrons. The molecule has 0 atom stereocenters. The average Bonchev–Trinajstić information content (AvgIpc) is 2.27. The fourth-order valence-electron chi connectivity index (χ4n) is 2.34. The molecule has 4 nitrogen and oxygen atoms in total. The van der Waals surface area contributed by atoms with Crippen LogP contribution in [0.5, 0.6) is 0 Å². The molecule has 5 heteroatoms. The van der Waals surface area contributed by atoms with Crippen LogP contribution in [0.15, 0.2) is 18.2 Å². The molecular weight excluding hydrogens is 249 g/mol. The number of carboxylic acids is 1. The Morgan fingerprint density at radius 1 is 1.53 bits per heavy atom. The predicted octanol–water partition coefficient (Wildman–Crippen LogP) is 2.13. The Morgan fingerprint density at radius 3 is 2.84 bits per heavy atom. The molecule has 19 heavy (non-hydrogen) atoms. The van der Waals surface area contributed by atoms with Crippen LogP contribution in [-0.4, -0.2) is 41.3 Å². The summed E-state index contributed by atoms with van der Waals surface area (Å²) >= 11 is 0. The Hall–Kier alpha value is -1.46. The van der Waals surface area contributed by atoms with E-state index in [1.54, 1.807) is 6.07 Å². The minimum atomic E-state index is -1.24. The second-order valence-electron chi connectivity index (χ2n) is 5.44. The number of carboxylic acid groups (broad SMARTS) is 1. The van der Waals surface area contributed by atoms with Crippen LogP contribution in [0, 0.1) is 5.82 Å². The number of nitrogens with zero attached hydrogens (tertiary/aromatic N) is 1. The van der Waals surface area contributed by atoms with Gasteiger partial charge in [0.05, 0.1) is 17.8 Å². The Morgan fingerprint density at radius 2 is 2.26 bits per heavy atom. The minimum Gasteiger partial charge on any atom is -0.478 e. The van der Waals surface area contributed by atoms with Crippen molar-refractivity contribution in [1.29, 1.82) is 0 Å². The van der Waals surface area contributed by atoms with Crippen LogP contribution in [-0.2, 0) is 11.3 Å². The van der Waals surface area contributed by atoms with Crippen LogP contribution >= 0.6 is 0 Å². The van der Waals surface area contributed by atoms with E-state index in [9.17, 15) is 9.18 Å². The van der Waals surface area contributed by atoms with Crippen molar-refractivity contribution in [1.82, 2.24) is 4.90 Å². The average molecular weight is 267 g/mol. The van der Waals surface area contributed by atoms with Gasteiger partial charge < -0.3 is 9.84 Å². The quantitative estimate of drug-likeness (QED) is 0.911. The molecule has 1 aliphatic rings. The number of halogens is 1. The molecule has 2 rings (SSSR count). The largest absolute Gasteiger partial charge is 0.478 e. The Kier molecular flexibility index (Phi) is 3.87. The van der Waals surface area contributed by atoms with Crippen LogP contribution in [0.1, 0.15) is 29.8 Å². The van der Waals surface area contributed by atoms with Crippen molar-refractivity contribution in [2.45, 2.75) is 26.0 Å². The van der Waals surface area contributed by atoms with E-state index in [1.165, 1.54) is 12.1 Å². The van der Waals surface area contributed by atoms with Gasteiger partial charge in [-0.15, -0.1) is 0 Å². The third-order valence-corrected chi connectivity index (χ3v) is 3.17. The van der Waals surface area contributed by atoms with Crippen LogP contribution < -0.4 is 0 Å². The van der Waals surface area contributed by atoms with Crippen LogP contribution in [0.2, 0.25) is 0 Å². The summed E-state index contributed by atoms with van der Waals surface area (Å²) in [6.45, 7) is 6.87. The zero-order chi connectivity index (χ0) is 14.0. The van der Waals surface area contributed by atoms with Crippen molar-refractivity contribution in [2.24, 2.45) is 0 Å². The van der Waals surface area contributed by atoms with Gasteiger partial charge in [-0.3, -0.25) is 4.90 Å². The van der Waals surface area contributed by atoms with Gasteiger partial charge >= 0.3 is 5.97 Å². The molecule has 1 N–H and O–H groups in total. The molecule has 0 amide bonds. The van der Waals surface area contributed by atoms with Crippen molar-refractivity contribution in [3.8, 4) is 0 Å². The first kappa shape index (κ1) is 14.0. The maximum absolute atomic E-state index is 13.6. The summed E-state index contributed by atoms with van der Waals surface area (Å²) in [6.07, 6.45) is 0. The zero-order valence-corrected chi connectivity index (χ0v) is 11.1. The van der Waals surface area contributed by atoms with E-state index in [1.807, 2.05) is 13.8 Å². The predicted molar refractivity (Wildman–Crippen MR) is 68.7 cm³/mol. The van der Waals surface area contributed by atoms with E-state index in [4.69, 9.17) is 9.84 Å². The topological polar surface area (TPSA) is 49.8 Å². The summed E-state index contributed by atoms with van der Waals surface area (Å²) in [5, 5.41) is 8.78. The molecule has 0 bridgehead atoms. The molecule has 0 saturated carbocycles. The van der Waals surface area contributed by atoms with E-state index in [-0.39, 0.29) is 11.2 Å². The lowest BCUT2D eigenvalue weighted by Crippen LogP contribution is -2.47. The molecule has 1 heterocycles. The van der Waals surface area contributed by atoms with Crippen molar-refractivity contribution in [2.75, 3.05) is 19.7 Å². The maximum Gasteiger partial charge on any atom is 0.338 e. The summed E-state index contributed by atoms with van der Waals surface area (Å²) in [5.74, 6) is -1.92. The van der Waals surface area contributed by atoms with Crippen molar-refractivity contribution in [3.05, 3.63) is 35.1 Å². The van der Waals surface area contributed by atoms with Gasteiger partial charge in [-0.05, 0) is 31.5 Å². The van der Waals surface area contributed by atoms with Gasteiger partial charge in [0.15, 0.2) is 0 Å². The highest BCUT2D eigenvalue weighted by molar-refractivity contribution is 5.87. The number of morpholine rings is 1. The van der Waals surface area contributed by atoms with Crippen LogP contribution in [0.4, 0.5) is 4.39 Å². The molecule has 104 valence electrons. The van der Waals surface area contributed by atoms with Gasteiger partial charge in [0, 0.05) is 19.6 Å². The molecule has 1 aliphatic heterocycles. The number of rotatable bonds is 3. The molecule has 0 aromatic heterocycles. The van der Waals surface area contributed by atoms with Gasteiger partial charge in [0.2, 0.25) is 0 Å². The fourth-order valence-corrected chi connectivity index (χ4v) is 2.34. The smallest absolute Gasteiger partial charge is 0.338 e. The number of hydrogen-bond acceptors (Lipinski definition) is 3. The summed E-state index contributed by atoms with van der Waals surface area (Å²) in [4.78, 5) is 12.9. The lowest BCUT2D eigenvalue weighted by molar-refractivity contribution is -0.0882. The highest BCUT2D eigenvalue weighted by Gasteiger charge is 2.27. The van der Waals surface area contributed by atoms with E-state index in [2.05, 4.69) is 4.90 Å². The van der Waals surface area contributed by atoms with Gasteiger partial charge in [-0.25, -0.2) is 9.18 Å². The first-order valence-electron chi connectivity index (χ1n) is 6.25. The fraction of sp³-hybridized carbons (Fsp3) is 0.500. The number of hydrogen-bond donors (Lipinski definition) is 1. The molecule has 1 aromatic carbocycles. The van der Waals surface area contributed by atoms with E-state index in [0.717, 1.165) is 18.7 Å². The SMILES string of the molecule is CC1(C)CN(Cc2ccc(C(=O)O)c(F)c2)CCO1. The van der Waals surface area contributed by atoms with Gasteiger partial charge in [-0.2, -0.15) is 0 Å². The summed E-state index contributed by atoms with van der Waals surface area (Å²) in [5.41, 5.74) is 0.295. The third kappa shape index (κ3) is 3.52. The molecule has 0 spiro atoms. The van der Waals surface area contributed by atoms with E-state index >= 15 is 0 Å². The first-order valence-corrected chi connectivity index (χ1v) is 6.25. The molecule has 0 unspecified atom stereocenters.